The Morgan fingerprint density at radius 3 is 2.87 bits per heavy atom. The van der Waals surface area contributed by atoms with Crippen molar-refractivity contribution in [2.24, 2.45) is 0 Å². The first-order valence-electron chi connectivity index (χ1n) is 8.41. The summed E-state index contributed by atoms with van der Waals surface area (Å²) in [4.78, 5) is 25.7. The third-order valence-corrected chi connectivity index (χ3v) is 4.34. The Labute approximate surface area is 136 Å². The normalized spacial score (nSPS) is 21.1. The van der Waals surface area contributed by atoms with Gasteiger partial charge in [0.1, 0.15) is 0 Å². The Hall–Kier alpha value is -2.05. The highest BCUT2D eigenvalue weighted by molar-refractivity contribution is 5.82. The third kappa shape index (κ3) is 4.03. The van der Waals surface area contributed by atoms with Gasteiger partial charge >= 0.3 is 6.03 Å². The van der Waals surface area contributed by atoms with Crippen LogP contribution in [0.4, 0.5) is 4.79 Å². The number of urea groups is 1. The van der Waals surface area contributed by atoms with Crippen molar-refractivity contribution in [1.82, 2.24) is 25.3 Å². The van der Waals surface area contributed by atoms with Crippen molar-refractivity contribution in [2.75, 3.05) is 13.1 Å². The molecule has 2 aliphatic rings. The zero-order valence-electron chi connectivity index (χ0n) is 13.8. The second-order valence-electron chi connectivity index (χ2n) is 6.71. The van der Waals surface area contributed by atoms with Gasteiger partial charge in [-0.2, -0.15) is 5.10 Å². The Kier molecular flexibility index (Phi) is 4.54. The summed E-state index contributed by atoms with van der Waals surface area (Å²) in [5.74, 6) is 0.164. The smallest absolute Gasteiger partial charge is 0.315 e. The maximum Gasteiger partial charge on any atom is 0.315 e. The van der Waals surface area contributed by atoms with Crippen molar-refractivity contribution in [3.05, 3.63) is 18.0 Å². The maximum absolute atomic E-state index is 11.9. The molecule has 1 atom stereocenters. The Bertz CT molecular complexity index is 579. The van der Waals surface area contributed by atoms with E-state index < -0.39 is 0 Å². The standard InChI is InChI=1S/C16H25N5O2/c1-11(2)21-8-6-12(19-21)5-7-17-16(23)18-13-9-15(22)20(10-13)14-3-4-14/h6,8,11,13-14H,3-5,7,9-10H2,1-2H3,(H2,17,18,23)/t13-/m0/s1. The van der Waals surface area contributed by atoms with Crippen LogP contribution in [0.3, 0.4) is 0 Å². The monoisotopic (exact) mass is 319 g/mol. The molecular formula is C16H25N5O2. The van der Waals surface area contributed by atoms with Gasteiger partial charge in [-0.05, 0) is 32.8 Å². The molecule has 0 radical (unpaired) electrons. The van der Waals surface area contributed by atoms with Crippen molar-refractivity contribution in [3.8, 4) is 0 Å². The highest BCUT2D eigenvalue weighted by Crippen LogP contribution is 2.30. The van der Waals surface area contributed by atoms with Gasteiger partial charge in [0.25, 0.3) is 0 Å². The van der Waals surface area contributed by atoms with Crippen LogP contribution in [0.15, 0.2) is 12.3 Å². The van der Waals surface area contributed by atoms with Crippen LogP contribution in [0.5, 0.6) is 0 Å². The lowest BCUT2D eigenvalue weighted by Crippen LogP contribution is -2.44. The number of nitrogens with zero attached hydrogens (tertiary/aromatic N) is 3. The number of amides is 3. The predicted molar refractivity (Wildman–Crippen MR) is 86.0 cm³/mol. The Morgan fingerprint density at radius 2 is 2.22 bits per heavy atom. The molecule has 1 aliphatic carbocycles. The van der Waals surface area contributed by atoms with E-state index in [2.05, 4.69) is 29.6 Å². The van der Waals surface area contributed by atoms with Crippen LogP contribution < -0.4 is 10.6 Å². The number of hydrogen-bond acceptors (Lipinski definition) is 3. The number of rotatable bonds is 6. The van der Waals surface area contributed by atoms with Crippen LogP contribution in [0.1, 0.15) is 44.8 Å². The number of nitrogens with one attached hydrogen (secondary N) is 2. The summed E-state index contributed by atoms with van der Waals surface area (Å²) in [7, 11) is 0. The first-order chi connectivity index (χ1) is 11.0. The van der Waals surface area contributed by atoms with Gasteiger partial charge in [-0.25, -0.2) is 4.79 Å². The van der Waals surface area contributed by atoms with E-state index in [0.717, 1.165) is 18.5 Å². The highest BCUT2D eigenvalue weighted by atomic mass is 16.2. The Morgan fingerprint density at radius 1 is 1.43 bits per heavy atom. The van der Waals surface area contributed by atoms with Gasteiger partial charge in [-0.3, -0.25) is 9.48 Å². The first kappa shape index (κ1) is 15.8. The summed E-state index contributed by atoms with van der Waals surface area (Å²) in [6, 6.07) is 2.47. The number of likely N-dealkylation sites (tertiary alicyclic amines) is 1. The molecule has 0 aromatic carbocycles. The van der Waals surface area contributed by atoms with Crippen LogP contribution in [0.2, 0.25) is 0 Å². The lowest BCUT2D eigenvalue weighted by atomic mass is 10.2. The summed E-state index contributed by atoms with van der Waals surface area (Å²) in [6.45, 7) is 5.34. The van der Waals surface area contributed by atoms with Gasteiger partial charge in [-0.1, -0.05) is 0 Å². The highest BCUT2D eigenvalue weighted by Gasteiger charge is 2.39. The van der Waals surface area contributed by atoms with Crippen molar-refractivity contribution in [2.45, 2.75) is 57.7 Å². The second-order valence-corrected chi connectivity index (χ2v) is 6.71. The van der Waals surface area contributed by atoms with E-state index in [-0.39, 0.29) is 18.0 Å². The van der Waals surface area contributed by atoms with Crippen molar-refractivity contribution in [1.29, 1.82) is 0 Å². The number of aromatic nitrogens is 2. The van der Waals surface area contributed by atoms with Crippen molar-refractivity contribution in [3.63, 3.8) is 0 Å². The van der Waals surface area contributed by atoms with E-state index in [1.807, 2.05) is 21.8 Å². The van der Waals surface area contributed by atoms with Crippen LogP contribution in [0.25, 0.3) is 0 Å². The number of carbonyl (C=O) groups excluding carboxylic acids is 2. The molecule has 3 rings (SSSR count). The van der Waals surface area contributed by atoms with Crippen LogP contribution in [0, 0.1) is 0 Å². The minimum Gasteiger partial charge on any atom is -0.338 e. The van der Waals surface area contributed by atoms with E-state index in [1.54, 1.807) is 0 Å². The van der Waals surface area contributed by atoms with Gasteiger partial charge in [0, 0.05) is 44.2 Å². The molecule has 0 spiro atoms. The minimum absolute atomic E-state index is 0.0664. The lowest BCUT2D eigenvalue weighted by molar-refractivity contribution is -0.128. The fourth-order valence-electron chi connectivity index (χ4n) is 2.91. The van der Waals surface area contributed by atoms with E-state index >= 15 is 0 Å². The summed E-state index contributed by atoms with van der Waals surface area (Å²) < 4.78 is 1.91. The SMILES string of the molecule is CC(C)n1ccc(CCNC(=O)N[C@H]2CC(=O)N(C3CC3)C2)n1. The van der Waals surface area contributed by atoms with E-state index in [1.165, 1.54) is 0 Å². The molecule has 2 heterocycles. The zero-order valence-corrected chi connectivity index (χ0v) is 13.8. The molecule has 1 aromatic rings. The molecule has 7 nitrogen and oxygen atoms in total. The average Bonchev–Trinajstić information content (AvgIpc) is 3.10. The summed E-state index contributed by atoms with van der Waals surface area (Å²) in [5, 5.41) is 10.2. The van der Waals surface area contributed by atoms with Gasteiger partial charge in [0.2, 0.25) is 5.91 Å². The van der Waals surface area contributed by atoms with Crippen molar-refractivity contribution >= 4 is 11.9 Å². The van der Waals surface area contributed by atoms with E-state index in [4.69, 9.17) is 0 Å². The van der Waals surface area contributed by atoms with Crippen LogP contribution >= 0.6 is 0 Å². The van der Waals surface area contributed by atoms with Gasteiger partial charge in [0.05, 0.1) is 11.7 Å². The summed E-state index contributed by atoms with van der Waals surface area (Å²) in [6.07, 6.45) is 5.28. The van der Waals surface area contributed by atoms with Gasteiger partial charge < -0.3 is 15.5 Å². The predicted octanol–water partition coefficient (Wildman–Crippen LogP) is 1.07. The fraction of sp³-hybridized carbons (Fsp3) is 0.688. The molecule has 1 aromatic heterocycles. The molecule has 2 fully saturated rings. The van der Waals surface area contributed by atoms with Gasteiger partial charge in [-0.15, -0.1) is 0 Å². The number of hydrogen-bond donors (Lipinski definition) is 2. The lowest BCUT2D eigenvalue weighted by Gasteiger charge is -2.16. The third-order valence-electron chi connectivity index (χ3n) is 4.34. The molecule has 126 valence electrons. The van der Waals surface area contributed by atoms with Crippen LogP contribution in [-0.4, -0.2) is 51.8 Å². The molecule has 23 heavy (non-hydrogen) atoms. The molecule has 7 heteroatoms. The molecule has 1 saturated carbocycles. The first-order valence-corrected chi connectivity index (χ1v) is 8.41. The molecule has 1 saturated heterocycles. The maximum atomic E-state index is 11.9. The number of carbonyl (C=O) groups is 2. The molecule has 3 amide bonds. The molecule has 0 unspecified atom stereocenters. The fourth-order valence-corrected chi connectivity index (χ4v) is 2.91. The summed E-state index contributed by atoms with van der Waals surface area (Å²) in [5.41, 5.74) is 0.968. The molecular weight excluding hydrogens is 294 g/mol. The zero-order chi connectivity index (χ0) is 16.4. The van der Waals surface area contributed by atoms with Crippen molar-refractivity contribution < 1.29 is 9.59 Å². The van der Waals surface area contributed by atoms with E-state index in [0.29, 0.717) is 38.0 Å². The topological polar surface area (TPSA) is 79.3 Å². The summed E-state index contributed by atoms with van der Waals surface area (Å²) >= 11 is 0. The van der Waals surface area contributed by atoms with E-state index in [9.17, 15) is 9.59 Å². The van der Waals surface area contributed by atoms with Crippen LogP contribution in [-0.2, 0) is 11.2 Å². The minimum atomic E-state index is -0.205. The molecule has 1 aliphatic heterocycles. The largest absolute Gasteiger partial charge is 0.338 e. The second kappa shape index (κ2) is 6.60. The molecule has 0 bridgehead atoms. The van der Waals surface area contributed by atoms with Gasteiger partial charge in [0.15, 0.2) is 0 Å². The molecule has 2 N–H and O–H groups in total. The Balaban J connectivity index is 1.37. The quantitative estimate of drug-likeness (QED) is 0.823. The average molecular weight is 319 g/mol.